The van der Waals surface area contributed by atoms with Gasteiger partial charge in [0, 0.05) is 36.8 Å². The lowest BCUT2D eigenvalue weighted by molar-refractivity contribution is 0.316. The molecule has 0 amide bonds. The van der Waals surface area contributed by atoms with Crippen molar-refractivity contribution in [2.45, 2.75) is 118 Å². The number of rotatable bonds is 3. The molecule has 0 atom stereocenters. The fourth-order valence-corrected chi connectivity index (χ4v) is 6.51. The normalized spacial score (nSPS) is 13.8. The summed E-state index contributed by atoms with van der Waals surface area (Å²) in [5, 5.41) is 47.4. The Morgan fingerprint density at radius 3 is 0.875 bits per heavy atom. The Kier molecular flexibility index (Phi) is 9.33. The Bertz CT molecular complexity index is 1730. The molecule has 5 heteroatoms. The quantitative estimate of drug-likeness (QED) is 0.156. The molecule has 0 saturated carbocycles. The molecule has 5 rings (SSSR count). The van der Waals surface area contributed by atoms with Gasteiger partial charge in [-0.25, -0.2) is 0 Å². The van der Waals surface area contributed by atoms with Gasteiger partial charge in [0.2, 0.25) is 0 Å². The van der Waals surface area contributed by atoms with Crippen LogP contribution in [0.1, 0.15) is 137 Å². The van der Waals surface area contributed by atoms with Crippen molar-refractivity contribution in [3.8, 4) is 28.7 Å². The number of phenolic OH excluding ortho intramolecular Hbond substituents is 4. The molecule has 5 nitrogen and oxygen atoms in total. The molecule has 8 bridgehead atoms. The lowest BCUT2D eigenvalue weighted by Crippen LogP contribution is -2.15. The Morgan fingerprint density at radius 2 is 0.667 bits per heavy atom. The number of hydrogen-bond acceptors (Lipinski definition) is 5. The van der Waals surface area contributed by atoms with Crippen LogP contribution >= 0.6 is 0 Å². The van der Waals surface area contributed by atoms with Crippen LogP contribution in [0, 0.1) is 0 Å². The third-order valence-electron chi connectivity index (χ3n) is 9.64. The molecule has 0 unspecified atom stereocenters. The Labute approximate surface area is 287 Å². The maximum absolute atomic E-state index is 11.9. The maximum atomic E-state index is 11.9. The van der Waals surface area contributed by atoms with Crippen LogP contribution in [0.4, 0.5) is 0 Å². The first-order chi connectivity index (χ1) is 22.3. The van der Waals surface area contributed by atoms with Gasteiger partial charge in [0.05, 0.1) is 6.61 Å². The third kappa shape index (κ3) is 7.31. The summed E-state index contributed by atoms with van der Waals surface area (Å²) in [4.78, 5) is 0. The van der Waals surface area contributed by atoms with E-state index < -0.39 is 0 Å². The molecule has 0 aliphatic heterocycles. The fourth-order valence-electron chi connectivity index (χ4n) is 6.51. The predicted octanol–water partition coefficient (Wildman–Crippen LogP) is 9.87. The van der Waals surface area contributed by atoms with Gasteiger partial charge in [0.15, 0.2) is 0 Å². The minimum atomic E-state index is -0.206. The van der Waals surface area contributed by atoms with E-state index in [0.29, 0.717) is 47.5 Å². The molecule has 4 aromatic carbocycles. The molecule has 1 aliphatic rings. The van der Waals surface area contributed by atoms with Crippen LogP contribution in [0.2, 0.25) is 0 Å². The summed E-state index contributed by atoms with van der Waals surface area (Å²) in [7, 11) is 0. The zero-order chi connectivity index (χ0) is 35.3. The van der Waals surface area contributed by atoms with Crippen molar-refractivity contribution < 1.29 is 25.2 Å². The van der Waals surface area contributed by atoms with E-state index in [2.05, 4.69) is 69.2 Å². The smallest absolute Gasteiger partial charge is 0.122 e. The van der Waals surface area contributed by atoms with Gasteiger partial charge in [-0.1, -0.05) is 106 Å². The highest BCUT2D eigenvalue weighted by molar-refractivity contribution is 5.59. The molecule has 0 heterocycles. The number of aromatic hydroxyl groups is 4. The summed E-state index contributed by atoms with van der Waals surface area (Å²) >= 11 is 0. The van der Waals surface area contributed by atoms with Gasteiger partial charge in [0.1, 0.15) is 28.7 Å². The van der Waals surface area contributed by atoms with Gasteiger partial charge in [-0.2, -0.15) is 0 Å². The zero-order valence-electron chi connectivity index (χ0n) is 30.6. The van der Waals surface area contributed by atoms with Crippen LogP contribution in [-0.4, -0.2) is 27.0 Å². The number of hydrogen-bond donors (Lipinski definition) is 4. The summed E-state index contributed by atoms with van der Waals surface area (Å²) in [6.45, 7) is 21.9. The highest BCUT2D eigenvalue weighted by Gasteiger charge is 2.26. The average Bonchev–Trinajstić information content (AvgIpc) is 2.97. The second kappa shape index (κ2) is 12.7. The van der Waals surface area contributed by atoms with Gasteiger partial charge >= 0.3 is 0 Å². The number of fused-ring (bicyclic) bond motifs is 8. The summed E-state index contributed by atoms with van der Waals surface area (Å²) < 4.78 is 6.12. The molecular weight excluding hydrogens is 596 g/mol. The lowest BCUT2D eigenvalue weighted by Gasteiger charge is -2.26. The van der Waals surface area contributed by atoms with E-state index in [1.807, 2.05) is 48.5 Å². The maximum Gasteiger partial charge on any atom is 0.122 e. The summed E-state index contributed by atoms with van der Waals surface area (Å²) in [5.41, 5.74) is 8.16. The van der Waals surface area contributed by atoms with Crippen LogP contribution in [0.25, 0.3) is 0 Å². The van der Waals surface area contributed by atoms with E-state index >= 15 is 0 Å². The fraction of sp³-hybridized carbons (Fsp3) is 0.442. The second-order valence-corrected chi connectivity index (χ2v) is 16.8. The molecule has 48 heavy (non-hydrogen) atoms. The molecule has 1 aliphatic carbocycles. The largest absolute Gasteiger partial charge is 0.507 e. The van der Waals surface area contributed by atoms with Crippen LogP contribution in [0.15, 0.2) is 48.5 Å². The van der Waals surface area contributed by atoms with E-state index in [4.69, 9.17) is 4.74 Å². The van der Waals surface area contributed by atoms with Crippen molar-refractivity contribution >= 4 is 0 Å². The van der Waals surface area contributed by atoms with Crippen molar-refractivity contribution in [1.82, 2.24) is 0 Å². The third-order valence-corrected chi connectivity index (χ3v) is 9.64. The summed E-state index contributed by atoms with van der Waals surface area (Å²) in [6, 6.07) is 16.0. The van der Waals surface area contributed by atoms with Gasteiger partial charge in [0.25, 0.3) is 0 Å². The predicted molar refractivity (Wildman–Crippen MR) is 196 cm³/mol. The zero-order valence-corrected chi connectivity index (χ0v) is 30.6. The van der Waals surface area contributed by atoms with Crippen molar-refractivity contribution in [1.29, 1.82) is 0 Å². The van der Waals surface area contributed by atoms with E-state index in [9.17, 15) is 20.4 Å². The molecule has 0 radical (unpaired) electrons. The van der Waals surface area contributed by atoms with Gasteiger partial charge in [-0.3, -0.25) is 0 Å². The monoisotopic (exact) mass is 650 g/mol. The molecular formula is C43H54O5. The highest BCUT2D eigenvalue weighted by Crippen LogP contribution is 2.42. The van der Waals surface area contributed by atoms with Crippen LogP contribution < -0.4 is 4.74 Å². The standard InChI is InChI=1S/C43H54O5/c1-11-12-48-36-23-31-15-29-21-34(42(5,6)7)19-27(38(29)45)13-25-17-33(41(2,3)4)18-26(37(25)44)14-28-20-35(43(8,9)10)22-30(39(28)46)16-32(24-36)40(31)47/h17-24,44-47H,11-16H2,1-10H3. The van der Waals surface area contributed by atoms with Gasteiger partial charge < -0.3 is 25.2 Å². The van der Waals surface area contributed by atoms with Crippen molar-refractivity contribution in [3.05, 3.63) is 110 Å². The molecule has 0 spiro atoms. The Morgan fingerprint density at radius 1 is 0.438 bits per heavy atom. The average molecular weight is 651 g/mol. The molecule has 4 aromatic rings. The SMILES string of the molecule is CCCOc1cc2c(O)c(c1)Cc1cc(C(C)(C)C)cc(c1O)Cc1cc(C(C)(C)C)cc(c1O)Cc1cc(C(C)(C)C)cc(c1O)C2. The molecule has 0 fully saturated rings. The Balaban J connectivity index is 1.86. The van der Waals surface area contributed by atoms with Crippen molar-refractivity contribution in [3.63, 3.8) is 0 Å². The molecule has 0 aromatic heterocycles. The Hall–Kier alpha value is -4.12. The summed E-state index contributed by atoms with van der Waals surface area (Å²) in [6.07, 6.45) is 2.04. The molecule has 4 N–H and O–H groups in total. The van der Waals surface area contributed by atoms with Crippen molar-refractivity contribution in [2.75, 3.05) is 6.61 Å². The first kappa shape index (κ1) is 35.2. The van der Waals surface area contributed by atoms with Gasteiger partial charge in [-0.05, 0) is 84.9 Å². The van der Waals surface area contributed by atoms with Crippen molar-refractivity contribution in [2.24, 2.45) is 0 Å². The van der Waals surface area contributed by atoms with E-state index in [0.717, 1.165) is 45.4 Å². The second-order valence-electron chi connectivity index (χ2n) is 16.8. The van der Waals surface area contributed by atoms with E-state index in [-0.39, 0.29) is 52.1 Å². The number of ether oxygens (including phenoxy) is 1. The summed E-state index contributed by atoms with van der Waals surface area (Å²) in [5.74, 6) is 1.29. The lowest BCUT2D eigenvalue weighted by atomic mass is 9.80. The molecule has 256 valence electrons. The minimum Gasteiger partial charge on any atom is -0.507 e. The molecule has 0 saturated heterocycles. The number of benzene rings is 4. The first-order valence-electron chi connectivity index (χ1n) is 17.3. The van der Waals surface area contributed by atoms with E-state index in [1.54, 1.807) is 0 Å². The minimum absolute atomic E-state index is 0.132. The van der Waals surface area contributed by atoms with E-state index in [1.165, 1.54) is 0 Å². The van der Waals surface area contributed by atoms with Crippen LogP contribution in [0.5, 0.6) is 28.7 Å². The first-order valence-corrected chi connectivity index (χ1v) is 17.3. The van der Waals surface area contributed by atoms with Crippen LogP contribution in [-0.2, 0) is 41.9 Å². The number of phenols is 4. The topological polar surface area (TPSA) is 90.2 Å². The van der Waals surface area contributed by atoms with Gasteiger partial charge in [-0.15, -0.1) is 0 Å². The highest BCUT2D eigenvalue weighted by atomic mass is 16.5. The van der Waals surface area contributed by atoms with Crippen LogP contribution in [0.3, 0.4) is 0 Å².